The first-order chi connectivity index (χ1) is 14.3. The molecule has 1 unspecified atom stereocenters. The maximum Gasteiger partial charge on any atom is 0.284 e. The van der Waals surface area contributed by atoms with Crippen LogP contribution in [0.2, 0.25) is 0 Å². The molecule has 0 aliphatic carbocycles. The Kier molecular flexibility index (Phi) is 6.94. The molecule has 2 amide bonds. The molecule has 0 aromatic heterocycles. The van der Waals surface area contributed by atoms with Gasteiger partial charge in [-0.1, -0.05) is 49.0 Å². The number of carbonyl (C=O) groups is 2. The highest BCUT2D eigenvalue weighted by Gasteiger charge is 2.39. The molecule has 1 heterocycles. The van der Waals surface area contributed by atoms with Crippen LogP contribution in [0.15, 0.2) is 63.9 Å². The lowest BCUT2D eigenvalue weighted by molar-refractivity contribution is -0.128. The number of hydrogen-bond acceptors (Lipinski definition) is 5. The Morgan fingerprint density at radius 3 is 2.37 bits per heavy atom. The third-order valence-electron chi connectivity index (χ3n) is 4.59. The van der Waals surface area contributed by atoms with Gasteiger partial charge in [-0.3, -0.25) is 14.5 Å². The number of amides is 2. The van der Waals surface area contributed by atoms with Gasteiger partial charge in [-0.15, -0.1) is 4.40 Å². The summed E-state index contributed by atoms with van der Waals surface area (Å²) in [6.45, 7) is 3.99. The molecule has 7 nitrogen and oxygen atoms in total. The normalized spacial score (nSPS) is 18.1. The second-order valence-corrected chi connectivity index (χ2v) is 9.43. The van der Waals surface area contributed by atoms with E-state index in [1.165, 1.54) is 17.0 Å². The number of nitrogens with one attached hydrogen (secondary N) is 1. The monoisotopic (exact) mass is 445 g/mol. The first-order valence-electron chi connectivity index (χ1n) is 9.61. The molecule has 1 aliphatic heterocycles. The summed E-state index contributed by atoms with van der Waals surface area (Å²) in [5, 5.41) is 2.12. The van der Waals surface area contributed by atoms with E-state index in [4.69, 9.17) is 0 Å². The Balaban J connectivity index is 1.76. The molecule has 2 aromatic rings. The van der Waals surface area contributed by atoms with E-state index in [9.17, 15) is 18.0 Å². The lowest BCUT2D eigenvalue weighted by atomic mass is 10.2. The minimum Gasteiger partial charge on any atom is -0.326 e. The Bertz CT molecular complexity index is 1050. The van der Waals surface area contributed by atoms with Gasteiger partial charge in [0.15, 0.2) is 5.17 Å². The molecule has 158 valence electrons. The summed E-state index contributed by atoms with van der Waals surface area (Å²) in [5.74, 6) is -0.636. The number of sulfonamides is 1. The van der Waals surface area contributed by atoms with Gasteiger partial charge in [0.2, 0.25) is 11.8 Å². The lowest BCUT2D eigenvalue weighted by Crippen LogP contribution is -2.33. The third-order valence-corrected chi connectivity index (χ3v) is 7.16. The molecule has 2 aromatic carbocycles. The summed E-state index contributed by atoms with van der Waals surface area (Å²) in [4.78, 5) is 26.4. The van der Waals surface area contributed by atoms with Gasteiger partial charge in [-0.2, -0.15) is 8.42 Å². The largest absolute Gasteiger partial charge is 0.326 e. The molecule has 1 aliphatic rings. The van der Waals surface area contributed by atoms with Crippen molar-refractivity contribution in [3.8, 4) is 0 Å². The highest BCUT2D eigenvalue weighted by Crippen LogP contribution is 2.31. The van der Waals surface area contributed by atoms with E-state index < -0.39 is 15.3 Å². The van der Waals surface area contributed by atoms with E-state index in [1.54, 1.807) is 43.3 Å². The van der Waals surface area contributed by atoms with E-state index in [1.807, 2.05) is 13.0 Å². The van der Waals surface area contributed by atoms with Gasteiger partial charge in [0.1, 0.15) is 5.25 Å². The summed E-state index contributed by atoms with van der Waals surface area (Å²) >= 11 is 1.01. The smallest absolute Gasteiger partial charge is 0.284 e. The molecule has 1 saturated heterocycles. The zero-order valence-electron chi connectivity index (χ0n) is 16.7. The van der Waals surface area contributed by atoms with E-state index in [0.29, 0.717) is 5.69 Å². The van der Waals surface area contributed by atoms with E-state index in [0.717, 1.165) is 23.7 Å². The van der Waals surface area contributed by atoms with Gasteiger partial charge in [0, 0.05) is 18.7 Å². The van der Waals surface area contributed by atoms with Crippen molar-refractivity contribution in [2.24, 2.45) is 4.40 Å². The first kappa shape index (κ1) is 22.0. The molecule has 3 rings (SSSR count). The molecule has 0 saturated carbocycles. The van der Waals surface area contributed by atoms with Crippen LogP contribution in [0.4, 0.5) is 5.69 Å². The van der Waals surface area contributed by atoms with Crippen molar-refractivity contribution in [3.05, 3.63) is 60.2 Å². The topological polar surface area (TPSA) is 95.9 Å². The van der Waals surface area contributed by atoms with Crippen molar-refractivity contribution in [2.75, 3.05) is 11.9 Å². The molecule has 0 spiro atoms. The van der Waals surface area contributed by atoms with Crippen molar-refractivity contribution >= 4 is 44.5 Å². The van der Waals surface area contributed by atoms with E-state index in [2.05, 4.69) is 9.71 Å². The summed E-state index contributed by atoms with van der Waals surface area (Å²) in [5.41, 5.74) is 1.66. The number of amidine groups is 1. The Morgan fingerprint density at radius 1 is 1.10 bits per heavy atom. The van der Waals surface area contributed by atoms with Crippen molar-refractivity contribution in [3.63, 3.8) is 0 Å². The minimum absolute atomic E-state index is 0.0703. The average Bonchev–Trinajstić information content (AvgIpc) is 3.01. The molecule has 1 N–H and O–H groups in total. The van der Waals surface area contributed by atoms with Crippen molar-refractivity contribution in [1.29, 1.82) is 0 Å². The van der Waals surface area contributed by atoms with Gasteiger partial charge in [0.25, 0.3) is 10.0 Å². The molecule has 0 radical (unpaired) electrons. The van der Waals surface area contributed by atoms with Crippen LogP contribution < -0.4 is 5.32 Å². The van der Waals surface area contributed by atoms with Crippen molar-refractivity contribution in [1.82, 2.24) is 4.90 Å². The molecule has 1 fully saturated rings. The Hall–Kier alpha value is -2.65. The summed E-state index contributed by atoms with van der Waals surface area (Å²) in [6, 6.07) is 15.5. The van der Waals surface area contributed by atoms with Gasteiger partial charge in [0.05, 0.1) is 4.90 Å². The molecule has 30 heavy (non-hydrogen) atoms. The number of anilines is 1. The fourth-order valence-corrected chi connectivity index (χ4v) is 5.37. The van der Waals surface area contributed by atoms with Crippen LogP contribution in [0.3, 0.4) is 0 Å². The fraction of sp³-hybridized carbons (Fsp3) is 0.286. The molecule has 1 atom stereocenters. The SMILES string of the molecule is CCc1ccc(S(=O)(=O)/N=C2/SC(CC(=O)Nc3ccccc3)C(=O)N2CC)cc1. The predicted octanol–water partition coefficient (Wildman–Crippen LogP) is 3.29. The zero-order valence-corrected chi connectivity index (χ0v) is 18.4. The molecule has 9 heteroatoms. The van der Waals surface area contributed by atoms with Gasteiger partial charge < -0.3 is 5.32 Å². The predicted molar refractivity (Wildman–Crippen MR) is 119 cm³/mol. The van der Waals surface area contributed by atoms with E-state index >= 15 is 0 Å². The maximum atomic E-state index is 12.7. The molecular weight excluding hydrogens is 422 g/mol. The second-order valence-electron chi connectivity index (χ2n) is 6.65. The number of aryl methyl sites for hydroxylation is 1. The fourth-order valence-electron chi connectivity index (χ4n) is 2.95. The lowest BCUT2D eigenvalue weighted by Gasteiger charge is -2.13. The van der Waals surface area contributed by atoms with Crippen molar-refractivity contribution < 1.29 is 18.0 Å². The van der Waals surface area contributed by atoms with Gasteiger partial charge >= 0.3 is 0 Å². The number of hydrogen-bond donors (Lipinski definition) is 1. The minimum atomic E-state index is -3.96. The van der Waals surface area contributed by atoms with Crippen LogP contribution >= 0.6 is 11.8 Å². The molecule has 0 bridgehead atoms. The number of nitrogens with zero attached hydrogens (tertiary/aromatic N) is 2. The molecular formula is C21H23N3O4S2. The highest BCUT2D eigenvalue weighted by molar-refractivity contribution is 8.16. The van der Waals surface area contributed by atoms with Gasteiger partial charge in [-0.05, 0) is 43.2 Å². The summed E-state index contributed by atoms with van der Waals surface area (Å²) < 4.78 is 29.3. The highest BCUT2D eigenvalue weighted by atomic mass is 32.2. The van der Waals surface area contributed by atoms with Crippen LogP contribution in [0.1, 0.15) is 25.8 Å². The summed E-state index contributed by atoms with van der Waals surface area (Å²) in [7, 11) is -3.96. The Labute approximate surface area is 180 Å². The first-order valence-corrected chi connectivity index (χ1v) is 11.9. The van der Waals surface area contributed by atoms with E-state index in [-0.39, 0.29) is 34.8 Å². The number of benzene rings is 2. The van der Waals surface area contributed by atoms with Crippen LogP contribution in [-0.4, -0.2) is 42.1 Å². The van der Waals surface area contributed by atoms with Crippen LogP contribution in [0.25, 0.3) is 0 Å². The quantitative estimate of drug-likeness (QED) is 0.706. The van der Waals surface area contributed by atoms with Crippen LogP contribution in [0.5, 0.6) is 0 Å². The van der Waals surface area contributed by atoms with Crippen molar-refractivity contribution in [2.45, 2.75) is 36.8 Å². The van der Waals surface area contributed by atoms with Crippen LogP contribution in [0, 0.1) is 0 Å². The Morgan fingerprint density at radius 2 is 1.77 bits per heavy atom. The standard InChI is InChI=1S/C21H23N3O4S2/c1-3-15-10-12-17(13-11-15)30(27,28)23-21-24(4-2)20(26)18(29-21)14-19(25)22-16-8-6-5-7-9-16/h5-13,18H,3-4,14H2,1-2H3,(H,22,25)/b23-21+. The number of rotatable bonds is 7. The maximum absolute atomic E-state index is 12.7. The average molecular weight is 446 g/mol. The number of para-hydroxylation sites is 1. The second kappa shape index (κ2) is 9.44. The zero-order chi connectivity index (χ0) is 21.7. The van der Waals surface area contributed by atoms with Gasteiger partial charge in [-0.25, -0.2) is 0 Å². The third kappa shape index (κ3) is 5.09. The number of thioether (sulfide) groups is 1. The van der Waals surface area contributed by atoms with Crippen LogP contribution in [-0.2, 0) is 26.0 Å². The number of carbonyl (C=O) groups excluding carboxylic acids is 2. The summed E-state index contributed by atoms with van der Waals surface area (Å²) in [6.07, 6.45) is 0.731.